The van der Waals surface area contributed by atoms with Crippen LogP contribution < -0.4 is 5.73 Å². The predicted octanol–water partition coefficient (Wildman–Crippen LogP) is 3.91. The molecule has 0 aliphatic heterocycles. The van der Waals surface area contributed by atoms with E-state index in [1.54, 1.807) is 12.1 Å². The van der Waals surface area contributed by atoms with Crippen molar-refractivity contribution in [3.63, 3.8) is 0 Å². The van der Waals surface area contributed by atoms with Crippen molar-refractivity contribution in [3.05, 3.63) is 34.8 Å². The molecule has 0 bridgehead atoms. The van der Waals surface area contributed by atoms with Crippen LogP contribution in [0.25, 0.3) is 11.1 Å². The van der Waals surface area contributed by atoms with Crippen LogP contribution in [0.1, 0.15) is 19.6 Å². The Hall–Kier alpha value is -1.55. The van der Waals surface area contributed by atoms with Gasteiger partial charge in [0, 0.05) is 12.0 Å². The first-order chi connectivity index (χ1) is 8.50. The largest absolute Gasteiger partial charge is 0.380 e. The maximum absolute atomic E-state index is 14.0. The summed E-state index contributed by atoms with van der Waals surface area (Å²) < 4.78 is 19.2. The van der Waals surface area contributed by atoms with Crippen molar-refractivity contribution in [2.45, 2.75) is 20.3 Å². The topological polar surface area (TPSA) is 52.0 Å². The number of anilines is 1. The fourth-order valence-electron chi connectivity index (χ4n) is 1.83. The third-order valence-electron chi connectivity index (χ3n) is 2.60. The van der Waals surface area contributed by atoms with E-state index >= 15 is 0 Å². The van der Waals surface area contributed by atoms with Gasteiger partial charge in [-0.1, -0.05) is 42.7 Å². The first-order valence-corrected chi connectivity index (χ1v) is 6.07. The molecule has 1 aromatic carbocycles. The van der Waals surface area contributed by atoms with Gasteiger partial charge in [0.2, 0.25) is 0 Å². The van der Waals surface area contributed by atoms with E-state index in [0.717, 1.165) is 0 Å². The van der Waals surface area contributed by atoms with Crippen LogP contribution in [0.4, 0.5) is 10.2 Å². The first-order valence-electron chi connectivity index (χ1n) is 5.69. The second-order valence-corrected chi connectivity index (χ2v) is 4.97. The Labute approximate surface area is 110 Å². The molecule has 0 radical (unpaired) electrons. The van der Waals surface area contributed by atoms with Crippen molar-refractivity contribution in [3.8, 4) is 11.1 Å². The van der Waals surface area contributed by atoms with Crippen molar-refractivity contribution in [2.75, 3.05) is 5.73 Å². The summed E-state index contributed by atoms with van der Waals surface area (Å²) in [6.45, 7) is 4.08. The maximum atomic E-state index is 14.0. The van der Waals surface area contributed by atoms with Crippen molar-refractivity contribution >= 4 is 17.4 Å². The van der Waals surface area contributed by atoms with Crippen LogP contribution in [0, 0.1) is 11.7 Å². The number of hydrogen-bond donors (Lipinski definition) is 1. The maximum Gasteiger partial charge on any atom is 0.175 e. The molecular weight excluding hydrogens is 255 g/mol. The van der Waals surface area contributed by atoms with Gasteiger partial charge in [-0.2, -0.15) is 0 Å². The molecule has 0 amide bonds. The Bertz CT molecular complexity index is 566. The van der Waals surface area contributed by atoms with Gasteiger partial charge in [-0.25, -0.2) is 4.39 Å². The zero-order chi connectivity index (χ0) is 13.3. The lowest BCUT2D eigenvalue weighted by Crippen LogP contribution is -1.97. The monoisotopic (exact) mass is 268 g/mol. The molecule has 0 spiro atoms. The second kappa shape index (κ2) is 4.98. The van der Waals surface area contributed by atoms with Gasteiger partial charge in [0.15, 0.2) is 5.82 Å². The minimum Gasteiger partial charge on any atom is -0.380 e. The Morgan fingerprint density at radius 3 is 2.83 bits per heavy atom. The zero-order valence-corrected chi connectivity index (χ0v) is 11.0. The Balaban J connectivity index is 2.56. The molecule has 0 aliphatic carbocycles. The van der Waals surface area contributed by atoms with Gasteiger partial charge in [0.25, 0.3) is 0 Å². The molecule has 2 rings (SSSR count). The van der Waals surface area contributed by atoms with Crippen molar-refractivity contribution < 1.29 is 8.91 Å². The van der Waals surface area contributed by atoms with E-state index in [0.29, 0.717) is 29.2 Å². The molecule has 5 heteroatoms. The average Bonchev–Trinajstić information content (AvgIpc) is 2.63. The molecule has 0 aliphatic rings. The molecule has 0 atom stereocenters. The SMILES string of the molecule is CC(C)Cc1onc(N)c1-c1cccc(Cl)c1F. The molecular formula is C13H14ClFN2O. The van der Waals surface area contributed by atoms with Crippen LogP contribution in [0.2, 0.25) is 5.02 Å². The number of aromatic nitrogens is 1. The number of rotatable bonds is 3. The highest BCUT2D eigenvalue weighted by Crippen LogP contribution is 2.35. The molecule has 18 heavy (non-hydrogen) atoms. The van der Waals surface area contributed by atoms with Crippen LogP contribution in [0.15, 0.2) is 22.7 Å². The van der Waals surface area contributed by atoms with E-state index in [1.807, 2.05) is 13.8 Å². The van der Waals surface area contributed by atoms with Gasteiger partial charge in [-0.3, -0.25) is 0 Å². The summed E-state index contributed by atoms with van der Waals surface area (Å²) in [5, 5.41) is 3.77. The summed E-state index contributed by atoms with van der Waals surface area (Å²) in [5.74, 6) is 0.632. The highest BCUT2D eigenvalue weighted by molar-refractivity contribution is 6.31. The van der Waals surface area contributed by atoms with E-state index < -0.39 is 5.82 Å². The van der Waals surface area contributed by atoms with E-state index in [-0.39, 0.29) is 10.8 Å². The average molecular weight is 269 g/mol. The van der Waals surface area contributed by atoms with Gasteiger partial charge >= 0.3 is 0 Å². The molecule has 96 valence electrons. The van der Waals surface area contributed by atoms with E-state index in [2.05, 4.69) is 5.16 Å². The third-order valence-corrected chi connectivity index (χ3v) is 2.90. The Kier molecular flexibility index (Phi) is 3.57. The molecule has 3 nitrogen and oxygen atoms in total. The fourth-order valence-corrected chi connectivity index (χ4v) is 2.01. The van der Waals surface area contributed by atoms with Gasteiger partial charge in [0.1, 0.15) is 11.6 Å². The van der Waals surface area contributed by atoms with Crippen LogP contribution in [0.3, 0.4) is 0 Å². The normalized spacial score (nSPS) is 11.2. The second-order valence-electron chi connectivity index (χ2n) is 4.57. The molecule has 0 saturated carbocycles. The lowest BCUT2D eigenvalue weighted by atomic mass is 10.00. The lowest BCUT2D eigenvalue weighted by Gasteiger charge is -2.06. The smallest absolute Gasteiger partial charge is 0.175 e. The highest BCUT2D eigenvalue weighted by atomic mass is 35.5. The number of nitrogens with two attached hydrogens (primary N) is 1. The quantitative estimate of drug-likeness (QED) is 0.918. The Morgan fingerprint density at radius 1 is 1.44 bits per heavy atom. The van der Waals surface area contributed by atoms with E-state index in [1.165, 1.54) is 6.07 Å². The Morgan fingerprint density at radius 2 is 2.17 bits per heavy atom. The third kappa shape index (κ3) is 2.34. The highest BCUT2D eigenvalue weighted by Gasteiger charge is 2.20. The summed E-state index contributed by atoms with van der Waals surface area (Å²) in [5.41, 5.74) is 6.59. The number of nitrogen functional groups attached to an aromatic ring is 1. The standard InChI is InChI=1S/C13H14ClFN2O/c1-7(2)6-10-11(13(16)17-18-10)8-4-3-5-9(14)12(8)15/h3-5,7H,6H2,1-2H3,(H2,16,17). The summed E-state index contributed by atoms with van der Waals surface area (Å²) in [7, 11) is 0. The van der Waals surface area contributed by atoms with Crippen LogP contribution in [-0.4, -0.2) is 5.16 Å². The number of halogens is 2. The van der Waals surface area contributed by atoms with Gasteiger partial charge in [-0.15, -0.1) is 0 Å². The fraction of sp³-hybridized carbons (Fsp3) is 0.308. The van der Waals surface area contributed by atoms with Crippen LogP contribution in [-0.2, 0) is 6.42 Å². The lowest BCUT2D eigenvalue weighted by molar-refractivity contribution is 0.371. The summed E-state index contributed by atoms with van der Waals surface area (Å²) >= 11 is 5.77. The van der Waals surface area contributed by atoms with Crippen LogP contribution >= 0.6 is 11.6 Å². The number of nitrogens with zero attached hydrogens (tertiary/aromatic N) is 1. The zero-order valence-electron chi connectivity index (χ0n) is 10.2. The predicted molar refractivity (Wildman–Crippen MR) is 69.9 cm³/mol. The van der Waals surface area contributed by atoms with Crippen molar-refractivity contribution in [2.24, 2.45) is 5.92 Å². The van der Waals surface area contributed by atoms with E-state index in [4.69, 9.17) is 21.9 Å². The molecule has 1 heterocycles. The first kappa shape index (κ1) is 12.9. The van der Waals surface area contributed by atoms with Crippen molar-refractivity contribution in [1.29, 1.82) is 0 Å². The van der Waals surface area contributed by atoms with Gasteiger partial charge in [-0.05, 0) is 12.0 Å². The van der Waals surface area contributed by atoms with Gasteiger partial charge < -0.3 is 10.3 Å². The molecule has 1 aromatic heterocycles. The molecule has 2 N–H and O–H groups in total. The minimum absolute atomic E-state index is 0.0589. The van der Waals surface area contributed by atoms with Crippen molar-refractivity contribution in [1.82, 2.24) is 5.16 Å². The number of benzene rings is 1. The molecule has 0 saturated heterocycles. The molecule has 2 aromatic rings. The summed E-state index contributed by atoms with van der Waals surface area (Å²) in [6.07, 6.45) is 0.644. The van der Waals surface area contributed by atoms with Gasteiger partial charge in [0.05, 0.1) is 10.6 Å². The van der Waals surface area contributed by atoms with Crippen LogP contribution in [0.5, 0.6) is 0 Å². The van der Waals surface area contributed by atoms with E-state index in [9.17, 15) is 4.39 Å². The summed E-state index contributed by atoms with van der Waals surface area (Å²) in [6, 6.07) is 4.78. The molecule has 0 unspecified atom stereocenters. The summed E-state index contributed by atoms with van der Waals surface area (Å²) in [4.78, 5) is 0. The minimum atomic E-state index is -0.501. The molecule has 0 fully saturated rings. The number of hydrogen-bond acceptors (Lipinski definition) is 3.